The van der Waals surface area contributed by atoms with Gasteiger partial charge in [0.2, 0.25) is 5.76 Å². The van der Waals surface area contributed by atoms with Gasteiger partial charge in [0.15, 0.2) is 0 Å². The summed E-state index contributed by atoms with van der Waals surface area (Å²) in [4.78, 5) is 14.2. The number of carboxylic acids is 1. The SMILES string of the molecule is CN(C)C(CNCc1ccc(C(=O)O)o1)c1cccs1. The summed E-state index contributed by atoms with van der Waals surface area (Å²) >= 11 is 1.73. The van der Waals surface area contributed by atoms with Gasteiger partial charge in [-0.1, -0.05) is 6.07 Å². The standard InChI is InChI=1S/C14H18N2O3S/c1-16(2)11(13-4-3-7-20-13)9-15-8-10-5-6-12(19-10)14(17)18/h3-7,11,15H,8-9H2,1-2H3,(H,17,18). The van der Waals surface area contributed by atoms with Crippen molar-refractivity contribution >= 4 is 17.3 Å². The minimum atomic E-state index is -1.04. The molecule has 0 aliphatic rings. The van der Waals surface area contributed by atoms with Crippen LogP contribution in [0.25, 0.3) is 0 Å². The highest BCUT2D eigenvalue weighted by Crippen LogP contribution is 2.22. The number of nitrogens with one attached hydrogen (secondary N) is 1. The molecule has 0 aromatic carbocycles. The van der Waals surface area contributed by atoms with E-state index in [1.807, 2.05) is 20.2 Å². The lowest BCUT2D eigenvalue weighted by molar-refractivity contribution is 0.0660. The van der Waals surface area contributed by atoms with Gasteiger partial charge < -0.3 is 19.7 Å². The van der Waals surface area contributed by atoms with Crippen molar-refractivity contribution in [1.82, 2.24) is 10.2 Å². The molecule has 6 heteroatoms. The Bertz CT molecular complexity index is 549. The number of carboxylic acid groups (broad SMARTS) is 1. The van der Waals surface area contributed by atoms with Crippen LogP contribution in [0.5, 0.6) is 0 Å². The molecule has 2 N–H and O–H groups in total. The van der Waals surface area contributed by atoms with Gasteiger partial charge in [0, 0.05) is 11.4 Å². The Morgan fingerprint density at radius 3 is 2.80 bits per heavy atom. The number of hydrogen-bond acceptors (Lipinski definition) is 5. The highest BCUT2D eigenvalue weighted by atomic mass is 32.1. The number of hydrogen-bond donors (Lipinski definition) is 2. The molecule has 1 atom stereocenters. The predicted octanol–water partition coefficient (Wildman–Crippen LogP) is 2.43. The number of furan rings is 1. The molecule has 2 heterocycles. The molecule has 0 bridgehead atoms. The van der Waals surface area contributed by atoms with Gasteiger partial charge in [-0.25, -0.2) is 4.79 Å². The summed E-state index contributed by atoms with van der Waals surface area (Å²) in [5, 5.41) is 14.2. The van der Waals surface area contributed by atoms with Crippen molar-refractivity contribution in [2.45, 2.75) is 12.6 Å². The van der Waals surface area contributed by atoms with Crippen LogP contribution in [-0.2, 0) is 6.54 Å². The molecular weight excluding hydrogens is 276 g/mol. The van der Waals surface area contributed by atoms with E-state index in [9.17, 15) is 4.79 Å². The molecule has 0 saturated heterocycles. The number of rotatable bonds is 7. The molecular formula is C14H18N2O3S. The zero-order valence-electron chi connectivity index (χ0n) is 11.5. The van der Waals surface area contributed by atoms with Crippen LogP contribution < -0.4 is 5.32 Å². The first kappa shape index (κ1) is 14.8. The molecule has 0 aliphatic carbocycles. The number of likely N-dealkylation sites (N-methyl/N-ethyl adjacent to an activating group) is 1. The maximum Gasteiger partial charge on any atom is 0.371 e. The summed E-state index contributed by atoms with van der Waals surface area (Å²) in [5.74, 6) is -0.434. The summed E-state index contributed by atoms with van der Waals surface area (Å²) in [6.07, 6.45) is 0. The molecule has 2 rings (SSSR count). The van der Waals surface area contributed by atoms with Crippen LogP contribution in [0.3, 0.4) is 0 Å². The lowest BCUT2D eigenvalue weighted by Gasteiger charge is -2.23. The first-order valence-corrected chi connectivity index (χ1v) is 7.18. The highest BCUT2D eigenvalue weighted by Gasteiger charge is 2.15. The molecule has 0 amide bonds. The first-order chi connectivity index (χ1) is 9.58. The van der Waals surface area contributed by atoms with E-state index in [2.05, 4.69) is 21.7 Å². The second kappa shape index (κ2) is 6.69. The van der Waals surface area contributed by atoms with Crippen molar-refractivity contribution in [2.75, 3.05) is 20.6 Å². The van der Waals surface area contributed by atoms with Crippen LogP contribution in [0, 0.1) is 0 Å². The van der Waals surface area contributed by atoms with Crippen molar-refractivity contribution in [3.8, 4) is 0 Å². The zero-order valence-corrected chi connectivity index (χ0v) is 12.3. The van der Waals surface area contributed by atoms with Gasteiger partial charge >= 0.3 is 5.97 Å². The van der Waals surface area contributed by atoms with Gasteiger partial charge in [-0.05, 0) is 37.7 Å². The number of carbonyl (C=O) groups is 1. The summed E-state index contributed by atoms with van der Waals surface area (Å²) in [6.45, 7) is 1.29. The van der Waals surface area contributed by atoms with Crippen LogP contribution in [0.15, 0.2) is 34.1 Å². The summed E-state index contributed by atoms with van der Waals surface area (Å²) in [5.41, 5.74) is 0. The monoisotopic (exact) mass is 294 g/mol. The van der Waals surface area contributed by atoms with E-state index in [0.29, 0.717) is 18.3 Å². The molecule has 2 aromatic heterocycles. The molecule has 0 radical (unpaired) electrons. The van der Waals surface area contributed by atoms with Crippen molar-refractivity contribution < 1.29 is 14.3 Å². The van der Waals surface area contributed by atoms with E-state index in [0.717, 1.165) is 6.54 Å². The fourth-order valence-corrected chi connectivity index (χ4v) is 2.86. The van der Waals surface area contributed by atoms with Crippen molar-refractivity contribution in [3.05, 3.63) is 46.0 Å². The highest BCUT2D eigenvalue weighted by molar-refractivity contribution is 7.10. The normalized spacial score (nSPS) is 12.8. The van der Waals surface area contributed by atoms with E-state index >= 15 is 0 Å². The quantitative estimate of drug-likeness (QED) is 0.821. The second-order valence-electron chi connectivity index (χ2n) is 4.70. The maximum absolute atomic E-state index is 10.7. The van der Waals surface area contributed by atoms with Crippen LogP contribution in [-0.4, -0.2) is 36.6 Å². The predicted molar refractivity (Wildman–Crippen MR) is 78.1 cm³/mol. The van der Waals surface area contributed by atoms with Gasteiger partial charge in [0.25, 0.3) is 0 Å². The molecule has 20 heavy (non-hydrogen) atoms. The minimum absolute atomic E-state index is 0.0239. The average Bonchev–Trinajstić information content (AvgIpc) is 3.05. The summed E-state index contributed by atoms with van der Waals surface area (Å²) < 4.78 is 5.21. The number of aromatic carboxylic acids is 1. The van der Waals surface area contributed by atoms with Gasteiger partial charge in [0.1, 0.15) is 5.76 Å². The van der Waals surface area contributed by atoms with Gasteiger partial charge in [-0.3, -0.25) is 0 Å². The van der Waals surface area contributed by atoms with Gasteiger partial charge in [0.05, 0.1) is 12.6 Å². The molecule has 0 saturated carbocycles. The Kier molecular flexibility index (Phi) is 4.94. The lowest BCUT2D eigenvalue weighted by Crippen LogP contribution is -2.30. The molecule has 2 aromatic rings. The van der Waals surface area contributed by atoms with Crippen molar-refractivity contribution in [1.29, 1.82) is 0 Å². The number of nitrogens with zero attached hydrogens (tertiary/aromatic N) is 1. The summed E-state index contributed by atoms with van der Waals surface area (Å²) in [7, 11) is 4.09. The number of thiophene rings is 1. The smallest absolute Gasteiger partial charge is 0.371 e. The first-order valence-electron chi connectivity index (χ1n) is 6.30. The Morgan fingerprint density at radius 1 is 1.45 bits per heavy atom. The van der Waals surface area contributed by atoms with Gasteiger partial charge in [-0.2, -0.15) is 0 Å². The Labute approximate surface area is 121 Å². The van der Waals surface area contributed by atoms with E-state index < -0.39 is 5.97 Å². The third-order valence-corrected chi connectivity index (χ3v) is 3.98. The van der Waals surface area contributed by atoms with Crippen molar-refractivity contribution in [3.63, 3.8) is 0 Å². The van der Waals surface area contributed by atoms with Gasteiger partial charge in [-0.15, -0.1) is 11.3 Å². The third kappa shape index (κ3) is 3.69. The molecule has 0 fully saturated rings. The average molecular weight is 294 g/mol. The molecule has 5 nitrogen and oxygen atoms in total. The van der Waals surface area contributed by atoms with E-state index in [1.165, 1.54) is 10.9 Å². The lowest BCUT2D eigenvalue weighted by atomic mass is 10.2. The van der Waals surface area contributed by atoms with Crippen LogP contribution in [0.4, 0.5) is 0 Å². The molecule has 0 aliphatic heterocycles. The van der Waals surface area contributed by atoms with Crippen LogP contribution in [0.2, 0.25) is 0 Å². The molecule has 108 valence electrons. The Hall–Kier alpha value is -1.63. The topological polar surface area (TPSA) is 65.7 Å². The largest absolute Gasteiger partial charge is 0.475 e. The molecule has 0 spiro atoms. The zero-order chi connectivity index (χ0) is 14.5. The van der Waals surface area contributed by atoms with E-state index in [-0.39, 0.29) is 5.76 Å². The van der Waals surface area contributed by atoms with E-state index in [1.54, 1.807) is 17.4 Å². The fraction of sp³-hybridized carbons (Fsp3) is 0.357. The Morgan fingerprint density at radius 2 is 2.25 bits per heavy atom. The summed E-state index contributed by atoms with van der Waals surface area (Å²) in [6, 6.07) is 7.62. The third-order valence-electron chi connectivity index (χ3n) is 3.00. The van der Waals surface area contributed by atoms with E-state index in [4.69, 9.17) is 9.52 Å². The molecule has 1 unspecified atom stereocenters. The Balaban J connectivity index is 1.88. The van der Waals surface area contributed by atoms with Crippen LogP contribution >= 0.6 is 11.3 Å². The second-order valence-corrected chi connectivity index (χ2v) is 5.68. The fourth-order valence-electron chi connectivity index (χ4n) is 1.94. The van der Waals surface area contributed by atoms with Crippen LogP contribution in [0.1, 0.15) is 27.2 Å². The maximum atomic E-state index is 10.7. The van der Waals surface area contributed by atoms with Crippen molar-refractivity contribution in [2.24, 2.45) is 0 Å². The minimum Gasteiger partial charge on any atom is -0.475 e.